The van der Waals surface area contributed by atoms with Crippen molar-refractivity contribution in [2.75, 3.05) is 31.1 Å². The number of hydrogen-bond donors (Lipinski definition) is 1. The average Bonchev–Trinajstić information content (AvgIpc) is 3.16. The van der Waals surface area contributed by atoms with Gasteiger partial charge in [-0.3, -0.25) is 4.99 Å². The van der Waals surface area contributed by atoms with Crippen LogP contribution in [0.5, 0.6) is 0 Å². The van der Waals surface area contributed by atoms with Crippen LogP contribution in [-0.4, -0.2) is 56.5 Å². The molecule has 1 saturated carbocycles. The van der Waals surface area contributed by atoms with Gasteiger partial charge >= 0.3 is 0 Å². The lowest BCUT2D eigenvalue weighted by Gasteiger charge is -2.25. The minimum atomic E-state index is -2.79. The summed E-state index contributed by atoms with van der Waals surface area (Å²) >= 11 is 0. The maximum absolute atomic E-state index is 11.5. The van der Waals surface area contributed by atoms with Gasteiger partial charge in [0.15, 0.2) is 15.8 Å². The van der Waals surface area contributed by atoms with Crippen LogP contribution in [0, 0.1) is 5.92 Å². The summed E-state index contributed by atoms with van der Waals surface area (Å²) in [5, 5.41) is 3.63. The van der Waals surface area contributed by atoms with Gasteiger partial charge in [-0.05, 0) is 38.0 Å². The van der Waals surface area contributed by atoms with Gasteiger partial charge < -0.3 is 10.2 Å². The molecule has 1 atom stereocenters. The van der Waals surface area contributed by atoms with Crippen LogP contribution in [0.4, 0.5) is 0 Å². The van der Waals surface area contributed by atoms with Crippen LogP contribution >= 0.6 is 0 Å². The van der Waals surface area contributed by atoms with Crippen LogP contribution < -0.4 is 5.32 Å². The third-order valence-electron chi connectivity index (χ3n) is 4.92. The van der Waals surface area contributed by atoms with Crippen molar-refractivity contribution in [1.82, 2.24) is 10.2 Å². The van der Waals surface area contributed by atoms with Gasteiger partial charge in [-0.2, -0.15) is 0 Å². The zero-order valence-corrected chi connectivity index (χ0v) is 13.6. The van der Waals surface area contributed by atoms with E-state index in [2.05, 4.69) is 10.2 Å². The molecule has 3 fully saturated rings. The normalized spacial score (nSPS) is 30.2. The molecule has 2 aliphatic heterocycles. The highest BCUT2D eigenvalue weighted by molar-refractivity contribution is 7.91. The van der Waals surface area contributed by atoms with E-state index >= 15 is 0 Å². The molecule has 5 nitrogen and oxygen atoms in total. The molecule has 2 heterocycles. The van der Waals surface area contributed by atoms with Crippen molar-refractivity contribution in [3.63, 3.8) is 0 Å². The lowest BCUT2D eigenvalue weighted by Crippen LogP contribution is -2.44. The predicted octanol–water partition coefficient (Wildman–Crippen LogP) is 1.41. The Labute approximate surface area is 128 Å². The fourth-order valence-corrected chi connectivity index (χ4v) is 5.50. The van der Waals surface area contributed by atoms with Gasteiger partial charge in [0, 0.05) is 25.7 Å². The second kappa shape index (κ2) is 6.55. The zero-order valence-electron chi connectivity index (χ0n) is 12.8. The van der Waals surface area contributed by atoms with Gasteiger partial charge in [0.25, 0.3) is 0 Å². The van der Waals surface area contributed by atoms with E-state index in [4.69, 9.17) is 4.99 Å². The second-order valence-electron chi connectivity index (χ2n) is 6.75. The number of nitrogens with zero attached hydrogens (tertiary/aromatic N) is 2. The average molecular weight is 313 g/mol. The van der Waals surface area contributed by atoms with Gasteiger partial charge in [0.1, 0.15) is 0 Å². The van der Waals surface area contributed by atoms with E-state index in [1.54, 1.807) is 0 Å². The Morgan fingerprint density at radius 1 is 1.10 bits per heavy atom. The highest BCUT2D eigenvalue weighted by Crippen LogP contribution is 2.20. The fourth-order valence-electron chi connectivity index (χ4n) is 3.65. The van der Waals surface area contributed by atoms with Gasteiger partial charge in [-0.1, -0.05) is 12.8 Å². The summed E-state index contributed by atoms with van der Waals surface area (Å²) in [6.07, 6.45) is 8.36. The van der Waals surface area contributed by atoms with Gasteiger partial charge in [-0.25, -0.2) is 8.42 Å². The second-order valence-corrected chi connectivity index (χ2v) is 8.98. The van der Waals surface area contributed by atoms with Crippen molar-refractivity contribution < 1.29 is 8.42 Å². The number of likely N-dealkylation sites (tertiary alicyclic amines) is 1. The van der Waals surface area contributed by atoms with Crippen LogP contribution in [0.2, 0.25) is 0 Å². The maximum Gasteiger partial charge on any atom is 0.194 e. The predicted molar refractivity (Wildman–Crippen MR) is 85.3 cm³/mol. The standard InChI is InChI=1S/C15H27N3O2S/c19-21(20)10-7-13(12-21)11-16-15(18-8-3-4-9-18)17-14-5-1-2-6-14/h13-14H,1-12H2,(H,16,17). The molecule has 0 aromatic heterocycles. The first-order valence-electron chi connectivity index (χ1n) is 8.39. The number of hydrogen-bond acceptors (Lipinski definition) is 3. The SMILES string of the molecule is O=S1(=O)CCC(CN=C(NC2CCCC2)N2CCCC2)C1. The first kappa shape index (κ1) is 15.1. The first-order chi connectivity index (χ1) is 10.1. The molecule has 3 aliphatic rings. The Morgan fingerprint density at radius 2 is 1.81 bits per heavy atom. The van der Waals surface area contributed by atoms with Crippen LogP contribution in [0.15, 0.2) is 4.99 Å². The van der Waals surface area contributed by atoms with E-state index in [1.807, 2.05) is 0 Å². The molecule has 1 aliphatic carbocycles. The summed E-state index contributed by atoms with van der Waals surface area (Å²) in [6, 6.07) is 0.566. The lowest BCUT2D eigenvalue weighted by molar-refractivity contribution is 0.466. The lowest BCUT2D eigenvalue weighted by atomic mass is 10.1. The van der Waals surface area contributed by atoms with E-state index in [0.29, 0.717) is 24.1 Å². The Morgan fingerprint density at radius 3 is 2.43 bits per heavy atom. The molecule has 1 N–H and O–H groups in total. The molecule has 6 heteroatoms. The van der Waals surface area contributed by atoms with E-state index < -0.39 is 9.84 Å². The summed E-state index contributed by atoms with van der Waals surface area (Å²) in [5.74, 6) is 1.93. The van der Waals surface area contributed by atoms with Gasteiger partial charge in [0.2, 0.25) is 0 Å². The molecule has 0 radical (unpaired) electrons. The van der Waals surface area contributed by atoms with Crippen molar-refractivity contribution in [3.05, 3.63) is 0 Å². The van der Waals surface area contributed by atoms with E-state index in [9.17, 15) is 8.42 Å². The van der Waals surface area contributed by atoms with Crippen molar-refractivity contribution in [2.45, 2.75) is 51.0 Å². The van der Waals surface area contributed by atoms with E-state index in [-0.39, 0.29) is 5.92 Å². The molecule has 0 bridgehead atoms. The smallest absolute Gasteiger partial charge is 0.194 e. The highest BCUT2D eigenvalue weighted by Gasteiger charge is 2.28. The molecule has 0 amide bonds. The quantitative estimate of drug-likeness (QED) is 0.632. The highest BCUT2D eigenvalue weighted by atomic mass is 32.2. The Bertz CT molecular complexity index is 477. The maximum atomic E-state index is 11.5. The van der Waals surface area contributed by atoms with Crippen molar-refractivity contribution in [1.29, 1.82) is 0 Å². The van der Waals surface area contributed by atoms with Crippen molar-refractivity contribution >= 4 is 15.8 Å². The Balaban J connectivity index is 1.61. The summed E-state index contributed by atoms with van der Waals surface area (Å²) in [4.78, 5) is 7.13. The minimum Gasteiger partial charge on any atom is -0.354 e. The molecule has 2 saturated heterocycles. The van der Waals surface area contributed by atoms with Gasteiger partial charge in [-0.15, -0.1) is 0 Å². The third kappa shape index (κ3) is 4.11. The summed E-state index contributed by atoms with van der Waals surface area (Å²) < 4.78 is 23.1. The Kier molecular flexibility index (Phi) is 4.72. The number of rotatable bonds is 3. The molecule has 0 spiro atoms. The molecule has 1 unspecified atom stereocenters. The molecule has 0 aromatic rings. The zero-order chi connectivity index (χ0) is 14.7. The van der Waals surface area contributed by atoms with Crippen LogP contribution in [0.3, 0.4) is 0 Å². The van der Waals surface area contributed by atoms with Crippen LogP contribution in [0.1, 0.15) is 44.9 Å². The number of aliphatic imine (C=N–C) groups is 1. The molecule has 3 rings (SSSR count). The number of guanidine groups is 1. The van der Waals surface area contributed by atoms with Crippen LogP contribution in [-0.2, 0) is 9.84 Å². The third-order valence-corrected chi connectivity index (χ3v) is 6.76. The van der Waals surface area contributed by atoms with Crippen molar-refractivity contribution in [3.8, 4) is 0 Å². The molecular weight excluding hydrogens is 286 g/mol. The molecule has 21 heavy (non-hydrogen) atoms. The van der Waals surface area contributed by atoms with Crippen molar-refractivity contribution in [2.24, 2.45) is 10.9 Å². The van der Waals surface area contributed by atoms with Crippen LogP contribution in [0.25, 0.3) is 0 Å². The summed E-state index contributed by atoms with van der Waals surface area (Å²) in [7, 11) is -2.79. The van der Waals surface area contributed by atoms with Gasteiger partial charge in [0.05, 0.1) is 11.5 Å². The topological polar surface area (TPSA) is 61.8 Å². The molecule has 120 valence electrons. The monoisotopic (exact) mass is 313 g/mol. The fraction of sp³-hybridized carbons (Fsp3) is 0.933. The summed E-state index contributed by atoms with van der Waals surface area (Å²) in [5.41, 5.74) is 0. The number of sulfone groups is 1. The number of nitrogens with one attached hydrogen (secondary N) is 1. The first-order valence-corrected chi connectivity index (χ1v) is 10.2. The summed E-state index contributed by atoms with van der Waals surface area (Å²) in [6.45, 7) is 2.83. The largest absolute Gasteiger partial charge is 0.354 e. The molecular formula is C15H27N3O2S. The van der Waals surface area contributed by atoms with E-state index in [0.717, 1.165) is 25.5 Å². The Hall–Kier alpha value is -0.780. The molecule has 0 aromatic carbocycles. The minimum absolute atomic E-state index is 0.220. The van der Waals surface area contributed by atoms with E-state index in [1.165, 1.54) is 38.5 Å².